The summed E-state index contributed by atoms with van der Waals surface area (Å²) in [4.78, 5) is 17.6. The fourth-order valence-corrected chi connectivity index (χ4v) is 3.62. The summed E-state index contributed by atoms with van der Waals surface area (Å²) in [6, 6.07) is 12.9. The van der Waals surface area contributed by atoms with E-state index in [4.69, 9.17) is 16.3 Å². The lowest BCUT2D eigenvalue weighted by Gasteiger charge is -2.13. The molecule has 0 bridgehead atoms. The summed E-state index contributed by atoms with van der Waals surface area (Å²) in [7, 11) is 0. The molecule has 0 aliphatic heterocycles. The van der Waals surface area contributed by atoms with E-state index in [1.54, 1.807) is 12.1 Å². The highest BCUT2D eigenvalue weighted by molar-refractivity contribution is 7.16. The van der Waals surface area contributed by atoms with Gasteiger partial charge in [-0.3, -0.25) is 4.79 Å². The zero-order chi connectivity index (χ0) is 17.6. The number of hydrogen-bond acceptors (Lipinski definition) is 5. The van der Waals surface area contributed by atoms with Crippen LogP contribution in [0.5, 0.6) is 5.75 Å². The highest BCUT2D eigenvalue weighted by Gasteiger charge is 2.17. The first-order valence-electron chi connectivity index (χ1n) is 7.74. The van der Waals surface area contributed by atoms with Gasteiger partial charge in [0.15, 0.2) is 5.01 Å². The second-order valence-corrected chi connectivity index (χ2v) is 7.16. The number of halogens is 1. The van der Waals surface area contributed by atoms with E-state index in [1.165, 1.54) is 15.9 Å². The van der Waals surface area contributed by atoms with Crippen LogP contribution >= 0.6 is 22.9 Å². The molecule has 4 aromatic rings. The Balaban J connectivity index is 1.76. The van der Waals surface area contributed by atoms with Gasteiger partial charge in [-0.05, 0) is 43.7 Å². The number of aromatic nitrogens is 3. The molecule has 2 aromatic carbocycles. The molecule has 0 unspecified atom stereocenters. The number of para-hydroxylation sites is 1. The number of fused-ring (bicyclic) bond motifs is 2. The number of nitrogens with zero attached hydrogens (tertiary/aromatic N) is 3. The van der Waals surface area contributed by atoms with Crippen molar-refractivity contribution in [2.24, 2.45) is 0 Å². The first-order valence-corrected chi connectivity index (χ1v) is 8.94. The number of benzene rings is 2. The molecule has 0 aliphatic carbocycles. The number of aryl methyl sites for hydroxylation is 1. The van der Waals surface area contributed by atoms with Crippen molar-refractivity contribution >= 4 is 38.8 Å². The van der Waals surface area contributed by atoms with Crippen molar-refractivity contribution in [2.75, 3.05) is 0 Å². The van der Waals surface area contributed by atoms with E-state index in [2.05, 4.69) is 10.1 Å². The molecule has 0 amide bonds. The van der Waals surface area contributed by atoms with Crippen molar-refractivity contribution < 1.29 is 4.74 Å². The van der Waals surface area contributed by atoms with Crippen LogP contribution in [0.4, 0.5) is 0 Å². The molecule has 2 heterocycles. The van der Waals surface area contributed by atoms with Crippen LogP contribution in [0.25, 0.3) is 15.9 Å². The molecule has 0 saturated carbocycles. The maximum absolute atomic E-state index is 12.6. The maximum atomic E-state index is 12.6. The van der Waals surface area contributed by atoms with Gasteiger partial charge >= 0.3 is 0 Å². The van der Waals surface area contributed by atoms with Crippen LogP contribution in [0.2, 0.25) is 5.02 Å². The van der Waals surface area contributed by atoms with Gasteiger partial charge in [-0.25, -0.2) is 4.98 Å². The normalized spacial score (nSPS) is 12.6. The Bertz CT molecular complexity index is 1150. The summed E-state index contributed by atoms with van der Waals surface area (Å²) in [5.41, 5.74) is 1.54. The van der Waals surface area contributed by atoms with Gasteiger partial charge in [0.1, 0.15) is 11.9 Å². The first kappa shape index (κ1) is 16.1. The molecule has 5 nitrogen and oxygen atoms in total. The highest BCUT2D eigenvalue weighted by atomic mass is 35.5. The average Bonchev–Trinajstić information content (AvgIpc) is 3.03. The van der Waals surface area contributed by atoms with E-state index in [1.807, 2.05) is 44.2 Å². The van der Waals surface area contributed by atoms with Crippen LogP contribution < -0.4 is 10.3 Å². The molecule has 0 spiro atoms. The van der Waals surface area contributed by atoms with Gasteiger partial charge < -0.3 is 4.74 Å². The van der Waals surface area contributed by atoms with Gasteiger partial charge in [0.25, 0.3) is 5.56 Å². The van der Waals surface area contributed by atoms with Crippen LogP contribution in [-0.4, -0.2) is 14.6 Å². The summed E-state index contributed by atoms with van der Waals surface area (Å²) < 4.78 is 7.29. The number of hydrogen-bond donors (Lipinski definition) is 0. The Morgan fingerprint density at radius 3 is 2.88 bits per heavy atom. The molecule has 0 radical (unpaired) electrons. The topological polar surface area (TPSA) is 56.5 Å². The fourth-order valence-electron chi connectivity index (χ4n) is 2.58. The molecule has 0 aliphatic rings. The van der Waals surface area contributed by atoms with Crippen molar-refractivity contribution in [3.8, 4) is 5.75 Å². The van der Waals surface area contributed by atoms with E-state index < -0.39 is 0 Å². The molecule has 126 valence electrons. The van der Waals surface area contributed by atoms with Crippen molar-refractivity contribution in [3.05, 3.63) is 68.4 Å². The van der Waals surface area contributed by atoms with E-state index in [-0.39, 0.29) is 11.7 Å². The van der Waals surface area contributed by atoms with Crippen molar-refractivity contribution in [2.45, 2.75) is 20.0 Å². The summed E-state index contributed by atoms with van der Waals surface area (Å²) in [5.74, 6) is 0.596. The molecule has 2 aromatic heterocycles. The second-order valence-electron chi connectivity index (χ2n) is 5.76. The third-order valence-corrected chi connectivity index (χ3v) is 5.24. The number of rotatable bonds is 3. The predicted molar refractivity (Wildman–Crippen MR) is 99.9 cm³/mol. The lowest BCUT2D eigenvalue weighted by atomic mass is 10.2. The third-order valence-electron chi connectivity index (χ3n) is 3.86. The summed E-state index contributed by atoms with van der Waals surface area (Å²) in [6.45, 7) is 3.85. The molecular weight excluding hydrogens is 358 g/mol. The molecule has 0 saturated heterocycles. The van der Waals surface area contributed by atoms with Crippen LogP contribution in [0, 0.1) is 6.92 Å². The monoisotopic (exact) mass is 371 g/mol. The van der Waals surface area contributed by atoms with Gasteiger partial charge in [0, 0.05) is 0 Å². The Morgan fingerprint density at radius 2 is 2.04 bits per heavy atom. The van der Waals surface area contributed by atoms with Gasteiger partial charge in [-0.1, -0.05) is 41.1 Å². The standard InChI is InChI=1S/C18H14ClN3O2S/c1-10-7-8-13(19)15(9-10)24-11(2)16-21-22-17(23)12-5-3-4-6-14(12)20-18(22)25-16/h3-9,11H,1-2H3/t11-/m0/s1. The molecule has 7 heteroatoms. The van der Waals surface area contributed by atoms with E-state index in [0.29, 0.717) is 31.6 Å². The molecule has 25 heavy (non-hydrogen) atoms. The quantitative estimate of drug-likeness (QED) is 0.535. The minimum Gasteiger partial charge on any atom is -0.482 e. The van der Waals surface area contributed by atoms with Crippen molar-refractivity contribution in [1.29, 1.82) is 0 Å². The maximum Gasteiger partial charge on any atom is 0.283 e. The van der Waals surface area contributed by atoms with Gasteiger partial charge in [0.2, 0.25) is 4.96 Å². The largest absolute Gasteiger partial charge is 0.482 e. The molecule has 0 N–H and O–H groups in total. The van der Waals surface area contributed by atoms with E-state index >= 15 is 0 Å². The summed E-state index contributed by atoms with van der Waals surface area (Å²) in [6.07, 6.45) is -0.353. The zero-order valence-corrected chi connectivity index (χ0v) is 15.1. The first-order chi connectivity index (χ1) is 12.0. The lowest BCUT2D eigenvalue weighted by Crippen LogP contribution is -2.15. The van der Waals surface area contributed by atoms with E-state index in [0.717, 1.165) is 5.56 Å². The zero-order valence-electron chi connectivity index (χ0n) is 13.6. The smallest absolute Gasteiger partial charge is 0.283 e. The van der Waals surface area contributed by atoms with Crippen molar-refractivity contribution in [3.63, 3.8) is 0 Å². The highest BCUT2D eigenvalue weighted by Crippen LogP contribution is 2.31. The minimum absolute atomic E-state index is 0.177. The van der Waals surface area contributed by atoms with Crippen LogP contribution in [0.15, 0.2) is 47.3 Å². The second kappa shape index (κ2) is 6.13. The molecule has 4 rings (SSSR count). The Labute approximate surface area is 152 Å². The minimum atomic E-state index is -0.353. The Hall–Kier alpha value is -2.44. The van der Waals surface area contributed by atoms with Gasteiger partial charge in [0.05, 0.1) is 15.9 Å². The summed E-state index contributed by atoms with van der Waals surface area (Å²) in [5, 5.41) is 6.16. The molecular formula is C18H14ClN3O2S. The van der Waals surface area contributed by atoms with Crippen LogP contribution in [-0.2, 0) is 0 Å². The molecule has 0 fully saturated rings. The number of ether oxygens (including phenoxy) is 1. The van der Waals surface area contributed by atoms with Crippen LogP contribution in [0.3, 0.4) is 0 Å². The lowest BCUT2D eigenvalue weighted by molar-refractivity contribution is 0.225. The SMILES string of the molecule is Cc1ccc(Cl)c(O[C@@H](C)c2nn3c(=O)c4ccccc4nc3s2)c1. The summed E-state index contributed by atoms with van der Waals surface area (Å²) >= 11 is 7.53. The predicted octanol–water partition coefficient (Wildman–Crippen LogP) is 4.41. The third kappa shape index (κ3) is 2.88. The molecule has 1 atom stereocenters. The van der Waals surface area contributed by atoms with Gasteiger partial charge in [-0.2, -0.15) is 9.61 Å². The fraction of sp³-hybridized carbons (Fsp3) is 0.167. The average molecular weight is 372 g/mol. The van der Waals surface area contributed by atoms with E-state index in [9.17, 15) is 4.79 Å². The van der Waals surface area contributed by atoms with Gasteiger partial charge in [-0.15, -0.1) is 0 Å². The van der Waals surface area contributed by atoms with Crippen LogP contribution in [0.1, 0.15) is 23.6 Å². The van der Waals surface area contributed by atoms with Crippen molar-refractivity contribution in [1.82, 2.24) is 14.6 Å². The Kier molecular flexibility index (Phi) is 3.94. The Morgan fingerprint density at radius 1 is 1.24 bits per heavy atom.